The zero-order valence-corrected chi connectivity index (χ0v) is 10.4. The van der Waals surface area contributed by atoms with Gasteiger partial charge in [-0.1, -0.05) is 13.8 Å². The third kappa shape index (κ3) is 2.72. The summed E-state index contributed by atoms with van der Waals surface area (Å²) in [5.41, 5.74) is -0.952. The Morgan fingerprint density at radius 1 is 1.32 bits per heavy atom. The van der Waals surface area contributed by atoms with Crippen LogP contribution in [0.2, 0.25) is 0 Å². The maximum Gasteiger partial charge on any atom is 0.348 e. The van der Waals surface area contributed by atoms with Gasteiger partial charge in [-0.15, -0.1) is 0 Å². The molecule has 1 aromatic carbocycles. The lowest BCUT2D eigenvalue weighted by Crippen LogP contribution is -2.35. The summed E-state index contributed by atoms with van der Waals surface area (Å²) in [5, 5.41) is 0. The van der Waals surface area contributed by atoms with E-state index >= 15 is 0 Å². The third-order valence-corrected chi connectivity index (χ3v) is 2.83. The summed E-state index contributed by atoms with van der Waals surface area (Å²) in [7, 11) is 0. The Labute approximate surface area is 108 Å². The number of esters is 2. The van der Waals surface area contributed by atoms with Gasteiger partial charge in [0, 0.05) is 11.5 Å². The van der Waals surface area contributed by atoms with E-state index in [-0.39, 0.29) is 12.2 Å². The Balaban J connectivity index is 2.19. The van der Waals surface area contributed by atoms with Crippen LogP contribution in [0.3, 0.4) is 0 Å². The van der Waals surface area contributed by atoms with Gasteiger partial charge in [0.1, 0.15) is 18.2 Å². The molecule has 0 aromatic heterocycles. The fourth-order valence-electron chi connectivity index (χ4n) is 1.78. The van der Waals surface area contributed by atoms with Crippen molar-refractivity contribution >= 4 is 11.9 Å². The lowest BCUT2D eigenvalue weighted by Gasteiger charge is -2.21. The van der Waals surface area contributed by atoms with Crippen molar-refractivity contribution in [2.45, 2.75) is 20.0 Å². The van der Waals surface area contributed by atoms with Crippen LogP contribution in [-0.2, 0) is 14.3 Å². The van der Waals surface area contributed by atoms with Crippen LogP contribution >= 0.6 is 0 Å². The highest BCUT2D eigenvalue weighted by Crippen LogP contribution is 2.31. The predicted molar refractivity (Wildman–Crippen MR) is 60.3 cm³/mol. The molecule has 19 heavy (non-hydrogen) atoms. The van der Waals surface area contributed by atoms with Gasteiger partial charge in [-0.2, -0.15) is 0 Å². The monoisotopic (exact) mass is 270 g/mol. The van der Waals surface area contributed by atoms with Crippen molar-refractivity contribution in [2.75, 3.05) is 6.61 Å². The zero-order chi connectivity index (χ0) is 14.2. The van der Waals surface area contributed by atoms with Gasteiger partial charge in [0.15, 0.2) is 0 Å². The molecule has 1 heterocycles. The average Bonchev–Trinajstić information content (AvgIpc) is 2.54. The maximum atomic E-state index is 13.0. The van der Waals surface area contributed by atoms with E-state index < -0.39 is 35.1 Å². The van der Waals surface area contributed by atoms with Crippen LogP contribution in [0.25, 0.3) is 0 Å². The van der Waals surface area contributed by atoms with E-state index in [1.54, 1.807) is 13.8 Å². The van der Waals surface area contributed by atoms with Crippen LogP contribution in [0, 0.1) is 17.0 Å². The number of halogens is 2. The Morgan fingerprint density at radius 2 is 1.89 bits per heavy atom. The number of rotatable bonds is 2. The highest BCUT2D eigenvalue weighted by Gasteiger charge is 2.46. The minimum absolute atomic E-state index is 0.126. The number of cyclic esters (lactones) is 1. The fourth-order valence-corrected chi connectivity index (χ4v) is 1.78. The molecule has 2 rings (SSSR count). The standard InChI is InChI=1S/C13H12F2O4/c1-13(2)6-18-12(17)10(13)19-11(16)7-3-8(14)5-9(15)4-7/h3-5,10H,6H2,1-2H3/t10-/m0/s1. The normalized spacial score (nSPS) is 21.1. The highest BCUT2D eigenvalue weighted by molar-refractivity contribution is 5.92. The molecule has 0 bridgehead atoms. The first-order valence-corrected chi connectivity index (χ1v) is 5.63. The van der Waals surface area contributed by atoms with Crippen LogP contribution < -0.4 is 0 Å². The summed E-state index contributed by atoms with van der Waals surface area (Å²) in [6.45, 7) is 3.52. The van der Waals surface area contributed by atoms with E-state index in [4.69, 9.17) is 9.47 Å². The molecule has 0 saturated carbocycles. The van der Waals surface area contributed by atoms with Crippen molar-refractivity contribution < 1.29 is 27.8 Å². The van der Waals surface area contributed by atoms with Crippen LogP contribution in [0.15, 0.2) is 18.2 Å². The Kier molecular flexibility index (Phi) is 3.26. The quantitative estimate of drug-likeness (QED) is 0.772. The molecule has 1 saturated heterocycles. The SMILES string of the molecule is CC1(C)COC(=O)[C@@H]1OC(=O)c1cc(F)cc(F)c1. The van der Waals surface area contributed by atoms with Gasteiger partial charge in [-0.05, 0) is 12.1 Å². The largest absolute Gasteiger partial charge is 0.462 e. The van der Waals surface area contributed by atoms with Crippen molar-refractivity contribution in [1.82, 2.24) is 0 Å². The molecule has 0 N–H and O–H groups in total. The second kappa shape index (κ2) is 4.60. The van der Waals surface area contributed by atoms with Crippen LogP contribution in [-0.4, -0.2) is 24.6 Å². The van der Waals surface area contributed by atoms with Crippen LogP contribution in [0.5, 0.6) is 0 Å². The first kappa shape index (κ1) is 13.5. The third-order valence-electron chi connectivity index (χ3n) is 2.83. The molecule has 0 spiro atoms. The first-order chi connectivity index (χ1) is 8.79. The smallest absolute Gasteiger partial charge is 0.348 e. The van der Waals surface area contributed by atoms with E-state index in [2.05, 4.69) is 0 Å². The summed E-state index contributed by atoms with van der Waals surface area (Å²) in [5.74, 6) is -3.40. The van der Waals surface area contributed by atoms with Gasteiger partial charge in [0.2, 0.25) is 6.10 Å². The van der Waals surface area contributed by atoms with E-state index in [9.17, 15) is 18.4 Å². The number of ether oxygens (including phenoxy) is 2. The molecule has 1 aliphatic rings. The van der Waals surface area contributed by atoms with Crippen LogP contribution in [0.4, 0.5) is 8.78 Å². The molecule has 0 aliphatic carbocycles. The van der Waals surface area contributed by atoms with E-state index in [1.165, 1.54) is 0 Å². The molecule has 102 valence electrons. The van der Waals surface area contributed by atoms with Crippen molar-refractivity contribution in [3.05, 3.63) is 35.4 Å². The molecule has 0 radical (unpaired) electrons. The second-order valence-electron chi connectivity index (χ2n) is 5.04. The van der Waals surface area contributed by atoms with Crippen molar-refractivity contribution in [2.24, 2.45) is 5.41 Å². The highest BCUT2D eigenvalue weighted by atomic mass is 19.1. The lowest BCUT2D eigenvalue weighted by molar-refractivity contribution is -0.145. The molecular weight excluding hydrogens is 258 g/mol. The van der Waals surface area contributed by atoms with Crippen LogP contribution in [0.1, 0.15) is 24.2 Å². The molecular formula is C13H12F2O4. The maximum absolute atomic E-state index is 13.0. The summed E-state index contributed by atoms with van der Waals surface area (Å²) in [6.07, 6.45) is -1.08. The number of carbonyl (C=O) groups is 2. The summed E-state index contributed by atoms with van der Waals surface area (Å²) >= 11 is 0. The van der Waals surface area contributed by atoms with E-state index in [0.717, 1.165) is 12.1 Å². The Bertz CT molecular complexity index is 519. The topological polar surface area (TPSA) is 52.6 Å². The van der Waals surface area contributed by atoms with Crippen molar-refractivity contribution in [1.29, 1.82) is 0 Å². The van der Waals surface area contributed by atoms with E-state index in [1.807, 2.05) is 0 Å². The Hall–Kier alpha value is -1.98. The predicted octanol–water partition coefficient (Wildman–Crippen LogP) is 2.07. The number of hydrogen-bond acceptors (Lipinski definition) is 4. The minimum atomic E-state index is -1.08. The first-order valence-electron chi connectivity index (χ1n) is 5.63. The lowest BCUT2D eigenvalue weighted by atomic mass is 9.90. The average molecular weight is 270 g/mol. The Morgan fingerprint density at radius 3 is 2.37 bits per heavy atom. The van der Waals surface area contributed by atoms with E-state index in [0.29, 0.717) is 6.07 Å². The molecule has 1 atom stereocenters. The van der Waals surface area contributed by atoms with Gasteiger partial charge >= 0.3 is 11.9 Å². The number of hydrogen-bond donors (Lipinski definition) is 0. The van der Waals surface area contributed by atoms with Gasteiger partial charge < -0.3 is 9.47 Å². The van der Waals surface area contributed by atoms with Crippen molar-refractivity contribution in [3.8, 4) is 0 Å². The molecule has 1 aliphatic heterocycles. The fraction of sp³-hybridized carbons (Fsp3) is 0.385. The summed E-state index contributed by atoms with van der Waals surface area (Å²) in [6, 6.07) is 2.34. The van der Waals surface area contributed by atoms with Gasteiger partial charge in [-0.3, -0.25) is 0 Å². The number of carbonyl (C=O) groups excluding carboxylic acids is 2. The molecule has 0 unspecified atom stereocenters. The number of benzene rings is 1. The molecule has 1 fully saturated rings. The molecule has 4 nitrogen and oxygen atoms in total. The zero-order valence-electron chi connectivity index (χ0n) is 10.4. The molecule has 6 heteroatoms. The van der Waals surface area contributed by atoms with Crippen molar-refractivity contribution in [3.63, 3.8) is 0 Å². The molecule has 0 amide bonds. The van der Waals surface area contributed by atoms with Gasteiger partial charge in [0.05, 0.1) is 5.56 Å². The summed E-state index contributed by atoms with van der Waals surface area (Å²) < 4.78 is 35.8. The van der Waals surface area contributed by atoms with Gasteiger partial charge in [0.25, 0.3) is 0 Å². The second-order valence-corrected chi connectivity index (χ2v) is 5.04. The summed E-state index contributed by atoms with van der Waals surface area (Å²) in [4.78, 5) is 23.2. The minimum Gasteiger partial charge on any atom is -0.462 e. The molecule has 1 aromatic rings. The van der Waals surface area contributed by atoms with Gasteiger partial charge in [-0.25, -0.2) is 18.4 Å².